The van der Waals surface area contributed by atoms with E-state index in [0.717, 1.165) is 5.56 Å². The Balaban J connectivity index is 2.11. The Labute approximate surface area is 137 Å². The third kappa shape index (κ3) is 4.51. The van der Waals surface area contributed by atoms with Crippen LogP contribution in [-0.2, 0) is 11.3 Å². The summed E-state index contributed by atoms with van der Waals surface area (Å²) in [5.74, 6) is -0.566. The SMILES string of the molecule is NC(=O)COc1ccc(Cl)cc1CNc1ccc(F)c(Cl)c1. The average molecular weight is 343 g/mol. The lowest BCUT2D eigenvalue weighted by Crippen LogP contribution is -2.20. The molecule has 116 valence electrons. The zero-order valence-electron chi connectivity index (χ0n) is 11.4. The largest absolute Gasteiger partial charge is 0.483 e. The fraction of sp³-hybridized carbons (Fsp3) is 0.133. The lowest BCUT2D eigenvalue weighted by molar-refractivity contribution is -0.119. The van der Waals surface area contributed by atoms with Gasteiger partial charge < -0.3 is 15.8 Å². The number of rotatable bonds is 6. The highest BCUT2D eigenvalue weighted by atomic mass is 35.5. The van der Waals surface area contributed by atoms with Crippen LogP contribution < -0.4 is 15.8 Å². The van der Waals surface area contributed by atoms with E-state index in [-0.39, 0.29) is 11.6 Å². The highest BCUT2D eigenvalue weighted by Gasteiger charge is 2.07. The summed E-state index contributed by atoms with van der Waals surface area (Å²) < 4.78 is 18.4. The maximum Gasteiger partial charge on any atom is 0.255 e. The van der Waals surface area contributed by atoms with E-state index in [2.05, 4.69) is 5.32 Å². The summed E-state index contributed by atoms with van der Waals surface area (Å²) >= 11 is 11.7. The Morgan fingerprint density at radius 1 is 1.23 bits per heavy atom. The van der Waals surface area contributed by atoms with Crippen LogP contribution in [0.25, 0.3) is 0 Å². The molecule has 0 heterocycles. The van der Waals surface area contributed by atoms with Gasteiger partial charge in [-0.3, -0.25) is 4.79 Å². The molecule has 0 aliphatic carbocycles. The average Bonchev–Trinajstić information content (AvgIpc) is 2.47. The molecule has 0 aliphatic heterocycles. The van der Waals surface area contributed by atoms with E-state index in [1.54, 1.807) is 24.3 Å². The van der Waals surface area contributed by atoms with Crippen LogP contribution in [0.3, 0.4) is 0 Å². The van der Waals surface area contributed by atoms with Crippen molar-refractivity contribution in [3.8, 4) is 5.75 Å². The second-order valence-electron chi connectivity index (χ2n) is 4.49. The summed E-state index contributed by atoms with van der Waals surface area (Å²) in [5, 5.41) is 3.64. The highest BCUT2D eigenvalue weighted by Crippen LogP contribution is 2.25. The molecular weight excluding hydrogens is 330 g/mol. The van der Waals surface area contributed by atoms with Crippen LogP contribution >= 0.6 is 23.2 Å². The molecule has 2 rings (SSSR count). The Kier molecular flexibility index (Phi) is 5.46. The summed E-state index contributed by atoms with van der Waals surface area (Å²) in [7, 11) is 0. The van der Waals surface area contributed by atoms with E-state index in [1.165, 1.54) is 12.1 Å². The maximum atomic E-state index is 13.1. The Morgan fingerprint density at radius 3 is 2.68 bits per heavy atom. The van der Waals surface area contributed by atoms with Crippen molar-refractivity contribution in [2.75, 3.05) is 11.9 Å². The minimum absolute atomic E-state index is 0.0290. The first-order chi connectivity index (χ1) is 10.5. The van der Waals surface area contributed by atoms with Gasteiger partial charge >= 0.3 is 0 Å². The van der Waals surface area contributed by atoms with Gasteiger partial charge in [0.1, 0.15) is 11.6 Å². The number of ether oxygens (including phenoxy) is 1. The van der Waals surface area contributed by atoms with E-state index < -0.39 is 11.7 Å². The van der Waals surface area contributed by atoms with E-state index in [0.29, 0.717) is 23.0 Å². The van der Waals surface area contributed by atoms with Gasteiger partial charge in [0.2, 0.25) is 0 Å². The van der Waals surface area contributed by atoms with Gasteiger partial charge in [0.25, 0.3) is 5.91 Å². The standard InChI is InChI=1S/C15H13Cl2FN2O2/c16-10-1-4-14(22-8-15(19)21)9(5-10)7-20-11-2-3-13(18)12(17)6-11/h1-6,20H,7-8H2,(H2,19,21). The maximum absolute atomic E-state index is 13.1. The summed E-state index contributed by atoms with van der Waals surface area (Å²) in [5.41, 5.74) is 6.44. The van der Waals surface area contributed by atoms with Gasteiger partial charge in [0.05, 0.1) is 5.02 Å². The molecule has 0 aromatic heterocycles. The van der Waals surface area contributed by atoms with Gasteiger partial charge in [0.15, 0.2) is 6.61 Å². The van der Waals surface area contributed by atoms with Crippen molar-refractivity contribution in [2.45, 2.75) is 6.54 Å². The number of nitrogens with one attached hydrogen (secondary N) is 1. The molecular formula is C15H13Cl2FN2O2. The van der Waals surface area contributed by atoms with E-state index >= 15 is 0 Å². The zero-order chi connectivity index (χ0) is 16.1. The van der Waals surface area contributed by atoms with Gasteiger partial charge in [0, 0.05) is 22.8 Å². The molecule has 0 fully saturated rings. The summed E-state index contributed by atoms with van der Waals surface area (Å²) in [6.07, 6.45) is 0. The summed E-state index contributed by atoms with van der Waals surface area (Å²) in [6.45, 7) is 0.133. The molecule has 0 bridgehead atoms. The smallest absolute Gasteiger partial charge is 0.255 e. The molecule has 0 aliphatic rings. The monoisotopic (exact) mass is 342 g/mol. The van der Waals surface area contributed by atoms with Crippen molar-refractivity contribution in [3.05, 3.63) is 57.8 Å². The van der Waals surface area contributed by atoms with Crippen LogP contribution in [0.2, 0.25) is 10.0 Å². The van der Waals surface area contributed by atoms with Crippen molar-refractivity contribution in [2.24, 2.45) is 5.73 Å². The Hall–Kier alpha value is -1.98. The molecule has 3 N–H and O–H groups in total. The number of benzene rings is 2. The second-order valence-corrected chi connectivity index (χ2v) is 5.33. The van der Waals surface area contributed by atoms with Gasteiger partial charge in [-0.2, -0.15) is 0 Å². The van der Waals surface area contributed by atoms with Crippen molar-refractivity contribution in [3.63, 3.8) is 0 Å². The van der Waals surface area contributed by atoms with Crippen LogP contribution in [0, 0.1) is 5.82 Å². The minimum Gasteiger partial charge on any atom is -0.483 e. The minimum atomic E-state index is -0.570. The van der Waals surface area contributed by atoms with Crippen LogP contribution in [0.5, 0.6) is 5.75 Å². The molecule has 4 nitrogen and oxygen atoms in total. The number of amides is 1. The second kappa shape index (κ2) is 7.33. The molecule has 0 radical (unpaired) electrons. The third-order valence-corrected chi connectivity index (χ3v) is 3.32. The number of halogens is 3. The van der Waals surface area contributed by atoms with Crippen LogP contribution in [0.4, 0.5) is 10.1 Å². The first kappa shape index (κ1) is 16.4. The zero-order valence-corrected chi connectivity index (χ0v) is 12.9. The van der Waals surface area contributed by atoms with Crippen LogP contribution in [0.15, 0.2) is 36.4 Å². The molecule has 0 spiro atoms. The van der Waals surface area contributed by atoms with Crippen LogP contribution in [0.1, 0.15) is 5.56 Å². The van der Waals surface area contributed by atoms with Gasteiger partial charge in [-0.05, 0) is 36.4 Å². The molecule has 2 aromatic carbocycles. The van der Waals surface area contributed by atoms with Gasteiger partial charge in [-0.15, -0.1) is 0 Å². The molecule has 0 saturated heterocycles. The molecule has 0 atom stereocenters. The predicted molar refractivity (Wildman–Crippen MR) is 84.9 cm³/mol. The van der Waals surface area contributed by atoms with E-state index in [4.69, 9.17) is 33.7 Å². The number of hydrogen-bond donors (Lipinski definition) is 2. The van der Waals surface area contributed by atoms with Crippen molar-refractivity contribution in [1.29, 1.82) is 0 Å². The molecule has 7 heteroatoms. The fourth-order valence-electron chi connectivity index (χ4n) is 1.78. The number of nitrogens with two attached hydrogens (primary N) is 1. The fourth-order valence-corrected chi connectivity index (χ4v) is 2.15. The molecule has 22 heavy (non-hydrogen) atoms. The van der Waals surface area contributed by atoms with Crippen molar-refractivity contribution in [1.82, 2.24) is 0 Å². The van der Waals surface area contributed by atoms with Gasteiger partial charge in [-0.25, -0.2) is 4.39 Å². The quantitative estimate of drug-likeness (QED) is 0.842. The topological polar surface area (TPSA) is 64.4 Å². The molecule has 0 unspecified atom stereocenters. The summed E-state index contributed by atoms with van der Waals surface area (Å²) in [6, 6.07) is 9.32. The first-order valence-corrected chi connectivity index (χ1v) is 7.10. The number of carbonyl (C=O) groups excluding carboxylic acids is 1. The Bertz CT molecular complexity index is 695. The Morgan fingerprint density at radius 2 is 2.00 bits per heavy atom. The molecule has 2 aromatic rings. The normalized spacial score (nSPS) is 10.3. The molecule has 1 amide bonds. The first-order valence-electron chi connectivity index (χ1n) is 6.34. The van der Waals surface area contributed by atoms with Crippen LogP contribution in [-0.4, -0.2) is 12.5 Å². The molecule has 0 saturated carbocycles. The lowest BCUT2D eigenvalue weighted by atomic mass is 10.2. The van der Waals surface area contributed by atoms with Gasteiger partial charge in [-0.1, -0.05) is 23.2 Å². The van der Waals surface area contributed by atoms with Crippen molar-refractivity contribution >= 4 is 34.8 Å². The van der Waals surface area contributed by atoms with E-state index in [1.807, 2.05) is 0 Å². The predicted octanol–water partition coefficient (Wildman–Crippen LogP) is 3.61. The summed E-state index contributed by atoms with van der Waals surface area (Å²) in [4.78, 5) is 10.8. The number of primary amides is 1. The number of anilines is 1. The number of carbonyl (C=O) groups is 1. The lowest BCUT2D eigenvalue weighted by Gasteiger charge is -2.13. The van der Waals surface area contributed by atoms with E-state index in [9.17, 15) is 9.18 Å². The third-order valence-electron chi connectivity index (χ3n) is 2.80. The van der Waals surface area contributed by atoms with Crippen molar-refractivity contribution < 1.29 is 13.9 Å². The number of hydrogen-bond acceptors (Lipinski definition) is 3. The highest BCUT2D eigenvalue weighted by molar-refractivity contribution is 6.31.